The van der Waals surface area contributed by atoms with Crippen molar-refractivity contribution >= 4 is 6.15 Å². The van der Waals surface area contributed by atoms with E-state index in [1.165, 1.54) is 167 Å². The molecule has 1 rings (SSSR count). The molecule has 0 fully saturated rings. The summed E-state index contributed by atoms with van der Waals surface area (Å²) in [6.07, 6.45) is 48.4. The summed E-state index contributed by atoms with van der Waals surface area (Å²) in [6, 6.07) is 6.17. The molecule has 0 saturated carbocycles. The molecule has 1 heterocycles. The Bertz CT molecular complexity index is 560. The van der Waals surface area contributed by atoms with E-state index in [1.807, 2.05) is 6.07 Å². The van der Waals surface area contributed by atoms with Crippen LogP contribution in [0.4, 0.5) is 0 Å². The first kappa shape index (κ1) is 42.2. The largest absolute Gasteiger partial charge is 0.205 e. The van der Waals surface area contributed by atoms with Crippen LogP contribution >= 0.6 is 0 Å². The zero-order valence-electron chi connectivity index (χ0n) is 30.8. The Morgan fingerprint density at radius 2 is 0.605 bits per heavy atom. The fraction of sp³-hybridized carbons (Fsp3) is 0.878. The molecule has 0 aliphatic carbocycles. The summed E-state index contributed by atoms with van der Waals surface area (Å²) in [5.41, 5.74) is 0. The lowest BCUT2D eigenvalue weighted by molar-refractivity contribution is -0.697. The van der Waals surface area contributed by atoms with E-state index in [9.17, 15) is 0 Å². The number of aromatic nitrogens is 1. The Morgan fingerprint density at radius 3 is 0.907 bits per heavy atom. The van der Waals surface area contributed by atoms with Crippen molar-refractivity contribution in [3.05, 3.63) is 30.6 Å². The van der Waals surface area contributed by atoms with E-state index in [4.69, 9.17) is 0 Å². The SMILES string of the molecule is CCCCCCCC[B-](CCCCCCCC)(CCCCCCCC)CCCCCCCC.CCCC[n+]1ccccc1. The summed E-state index contributed by atoms with van der Waals surface area (Å²) < 4.78 is 2.21. The van der Waals surface area contributed by atoms with E-state index < -0.39 is 0 Å². The molecule has 0 aromatic carbocycles. The summed E-state index contributed by atoms with van der Waals surface area (Å²) in [4.78, 5) is 0. The Kier molecular flexibility index (Phi) is 33.5. The highest BCUT2D eigenvalue weighted by Gasteiger charge is 2.23. The summed E-state index contributed by atoms with van der Waals surface area (Å²) in [7, 11) is 0. The fourth-order valence-electron chi connectivity index (χ4n) is 7.22. The number of hydrogen-bond acceptors (Lipinski definition) is 0. The Labute approximate surface area is 274 Å². The molecule has 0 aliphatic heterocycles. The maximum absolute atomic E-state index is 2.34. The zero-order valence-corrected chi connectivity index (χ0v) is 30.8. The second kappa shape index (κ2) is 34.1. The summed E-state index contributed by atoms with van der Waals surface area (Å²) >= 11 is 0. The van der Waals surface area contributed by atoms with Crippen LogP contribution in [0, 0.1) is 0 Å². The highest BCUT2D eigenvalue weighted by atomic mass is 14.9. The van der Waals surface area contributed by atoms with Gasteiger partial charge in [0.2, 0.25) is 0 Å². The molecule has 0 aliphatic rings. The predicted molar refractivity (Wildman–Crippen MR) is 200 cm³/mol. The Morgan fingerprint density at radius 1 is 0.326 bits per heavy atom. The molecular weight excluding hydrogens is 517 g/mol. The minimum atomic E-state index is -0.104. The topological polar surface area (TPSA) is 3.88 Å². The van der Waals surface area contributed by atoms with Gasteiger partial charge in [-0.05, 0) is 0 Å². The Hall–Kier alpha value is -0.785. The van der Waals surface area contributed by atoms with Crippen molar-refractivity contribution in [3.63, 3.8) is 0 Å². The number of hydrogen-bond donors (Lipinski definition) is 0. The average Bonchev–Trinajstić information content (AvgIpc) is 3.03. The number of pyridine rings is 1. The second-order valence-electron chi connectivity index (χ2n) is 14.4. The van der Waals surface area contributed by atoms with Crippen LogP contribution in [0.5, 0.6) is 0 Å². The van der Waals surface area contributed by atoms with Crippen molar-refractivity contribution in [3.8, 4) is 0 Å². The van der Waals surface area contributed by atoms with Gasteiger partial charge < -0.3 is 0 Å². The normalized spacial score (nSPS) is 11.5. The third-order valence-electron chi connectivity index (χ3n) is 10.2. The summed E-state index contributed by atoms with van der Waals surface area (Å²) in [5, 5.41) is 0. The van der Waals surface area contributed by atoms with Gasteiger partial charge >= 0.3 is 0 Å². The molecule has 0 unspecified atom stereocenters. The standard InChI is InChI=1S/C32H68B.C9H14N/c1-5-9-13-17-21-25-29-33(30-26-22-18-14-10-6-2,31-27-23-19-15-11-7-3)32-28-24-20-16-12-8-4;1-2-3-7-10-8-5-4-6-9-10/h5-32H2,1-4H3;4-6,8-9H,2-3,7H2,1H3/q-1;+1. The third kappa shape index (κ3) is 28.4. The van der Waals surface area contributed by atoms with E-state index >= 15 is 0 Å². The maximum Gasteiger partial charge on any atom is 0.168 e. The number of unbranched alkanes of at least 4 members (excludes halogenated alkanes) is 21. The lowest BCUT2D eigenvalue weighted by atomic mass is 9.17. The van der Waals surface area contributed by atoms with E-state index in [1.54, 1.807) is 25.3 Å². The molecule has 1 aromatic heterocycles. The molecule has 0 atom stereocenters. The van der Waals surface area contributed by atoms with Gasteiger partial charge in [-0.3, -0.25) is 0 Å². The van der Waals surface area contributed by atoms with Crippen molar-refractivity contribution in [1.29, 1.82) is 0 Å². The molecule has 0 saturated heterocycles. The van der Waals surface area contributed by atoms with Crippen LogP contribution in [0.15, 0.2) is 30.6 Å². The molecule has 0 spiro atoms. The van der Waals surface area contributed by atoms with E-state index in [0.717, 1.165) is 6.54 Å². The maximum atomic E-state index is 2.34. The molecule has 0 N–H and O–H groups in total. The smallest absolute Gasteiger partial charge is 0.168 e. The molecular formula is C41H82BN. The molecule has 0 amide bonds. The van der Waals surface area contributed by atoms with Crippen LogP contribution < -0.4 is 4.57 Å². The van der Waals surface area contributed by atoms with Gasteiger partial charge in [0.05, 0.1) is 0 Å². The molecule has 43 heavy (non-hydrogen) atoms. The average molecular weight is 600 g/mol. The van der Waals surface area contributed by atoms with Gasteiger partial charge in [0.25, 0.3) is 0 Å². The van der Waals surface area contributed by atoms with Gasteiger partial charge in [0.15, 0.2) is 12.4 Å². The van der Waals surface area contributed by atoms with Crippen LogP contribution in [-0.2, 0) is 6.54 Å². The van der Waals surface area contributed by atoms with Crippen LogP contribution in [0.25, 0.3) is 0 Å². The van der Waals surface area contributed by atoms with Gasteiger partial charge in [-0.1, -0.05) is 201 Å². The molecule has 0 radical (unpaired) electrons. The minimum Gasteiger partial charge on any atom is -0.205 e. The van der Waals surface area contributed by atoms with Crippen molar-refractivity contribution in [2.75, 3.05) is 0 Å². The molecule has 2 heteroatoms. The van der Waals surface area contributed by atoms with Gasteiger partial charge in [0.1, 0.15) is 6.54 Å². The van der Waals surface area contributed by atoms with Crippen molar-refractivity contribution in [1.82, 2.24) is 0 Å². The number of aryl methyl sites for hydroxylation is 1. The van der Waals surface area contributed by atoms with E-state index in [-0.39, 0.29) is 6.15 Å². The highest BCUT2D eigenvalue weighted by molar-refractivity contribution is 6.79. The summed E-state index contributed by atoms with van der Waals surface area (Å²) in [5.74, 6) is 0. The molecule has 254 valence electrons. The quantitative estimate of drug-likeness (QED) is 0.0454. The highest BCUT2D eigenvalue weighted by Crippen LogP contribution is 2.35. The van der Waals surface area contributed by atoms with Crippen LogP contribution in [-0.4, -0.2) is 6.15 Å². The van der Waals surface area contributed by atoms with Crippen molar-refractivity contribution in [2.24, 2.45) is 0 Å². The van der Waals surface area contributed by atoms with Crippen LogP contribution in [0.3, 0.4) is 0 Å². The van der Waals surface area contributed by atoms with Crippen molar-refractivity contribution in [2.45, 2.75) is 233 Å². The monoisotopic (exact) mass is 600 g/mol. The van der Waals surface area contributed by atoms with Gasteiger partial charge in [-0.2, -0.15) is 25.3 Å². The van der Waals surface area contributed by atoms with Gasteiger partial charge in [-0.15, -0.1) is 0 Å². The molecule has 0 bridgehead atoms. The second-order valence-corrected chi connectivity index (χ2v) is 14.4. The molecule has 1 nitrogen and oxygen atoms in total. The fourth-order valence-corrected chi connectivity index (χ4v) is 7.22. The van der Waals surface area contributed by atoms with E-state index in [2.05, 4.69) is 63.7 Å². The third-order valence-corrected chi connectivity index (χ3v) is 10.2. The lowest BCUT2D eigenvalue weighted by Gasteiger charge is -2.41. The zero-order chi connectivity index (χ0) is 31.5. The number of nitrogens with zero attached hydrogens (tertiary/aromatic N) is 1. The first-order valence-corrected chi connectivity index (χ1v) is 20.3. The lowest BCUT2D eigenvalue weighted by Crippen LogP contribution is -2.34. The summed E-state index contributed by atoms with van der Waals surface area (Å²) in [6.45, 7) is 12.7. The van der Waals surface area contributed by atoms with Gasteiger partial charge in [-0.25, -0.2) is 4.57 Å². The first-order chi connectivity index (χ1) is 21.2. The van der Waals surface area contributed by atoms with Crippen molar-refractivity contribution < 1.29 is 4.57 Å². The Balaban J connectivity index is 0.00000147. The van der Waals surface area contributed by atoms with Gasteiger partial charge in [0, 0.05) is 24.7 Å². The minimum absolute atomic E-state index is 0.104. The van der Waals surface area contributed by atoms with E-state index in [0.29, 0.717) is 0 Å². The number of rotatable bonds is 31. The molecule has 1 aromatic rings. The first-order valence-electron chi connectivity index (χ1n) is 20.3. The predicted octanol–water partition coefficient (Wildman–Crippen LogP) is 14.7. The van der Waals surface area contributed by atoms with Crippen LogP contribution in [0.1, 0.15) is 202 Å². The van der Waals surface area contributed by atoms with Crippen LogP contribution in [0.2, 0.25) is 25.3 Å².